The highest BCUT2D eigenvalue weighted by atomic mass is 16.1. The van der Waals surface area contributed by atoms with Crippen LogP contribution in [0.2, 0.25) is 0 Å². The Bertz CT molecular complexity index is 352. The molecule has 1 aromatic rings. The van der Waals surface area contributed by atoms with Gasteiger partial charge in [0.05, 0.1) is 11.3 Å². The highest BCUT2D eigenvalue weighted by molar-refractivity contribution is 5.99. The Morgan fingerprint density at radius 3 is 2.69 bits per heavy atom. The molecule has 0 aromatic heterocycles. The summed E-state index contributed by atoms with van der Waals surface area (Å²) in [4.78, 5) is 13.8. The monoisotopic (exact) mass is 222 g/mol. The van der Waals surface area contributed by atoms with Gasteiger partial charge in [-0.3, -0.25) is 10.6 Å². The first-order valence-electron chi connectivity index (χ1n) is 5.13. The number of nitrogens with two attached hydrogens (primary N) is 1. The maximum Gasteiger partial charge on any atom is 0.253 e. The smallest absolute Gasteiger partial charge is 0.253 e. The lowest BCUT2D eigenvalue weighted by molar-refractivity contribution is 0.0952. The number of para-hydroxylation sites is 1. The molecule has 4 N–H and O–H groups in total. The summed E-state index contributed by atoms with van der Waals surface area (Å²) in [6, 6.07) is 7.13. The second kappa shape index (κ2) is 6.09. The molecule has 1 aromatic carbocycles. The lowest BCUT2D eigenvalue weighted by Gasteiger charge is -2.12. The summed E-state index contributed by atoms with van der Waals surface area (Å²) in [5.74, 6) is 5.21. The van der Waals surface area contributed by atoms with Crippen molar-refractivity contribution in [2.75, 3.05) is 32.6 Å². The van der Waals surface area contributed by atoms with Crippen molar-refractivity contribution in [3.8, 4) is 0 Å². The second-order valence-corrected chi connectivity index (χ2v) is 3.75. The lowest BCUT2D eigenvalue weighted by Crippen LogP contribution is -2.32. The molecule has 1 rings (SSSR count). The molecule has 0 aliphatic carbocycles. The van der Waals surface area contributed by atoms with Gasteiger partial charge in [0.25, 0.3) is 5.91 Å². The summed E-state index contributed by atoms with van der Waals surface area (Å²) in [5.41, 5.74) is 3.69. The van der Waals surface area contributed by atoms with E-state index in [4.69, 9.17) is 5.84 Å². The predicted octanol–water partition coefficient (Wildman–Crippen LogP) is 0.264. The number of hydrazine groups is 1. The zero-order valence-electron chi connectivity index (χ0n) is 9.66. The van der Waals surface area contributed by atoms with Crippen LogP contribution in [-0.4, -0.2) is 38.0 Å². The number of nitrogen functional groups attached to an aromatic ring is 1. The number of nitrogens with zero attached hydrogens (tertiary/aromatic N) is 1. The molecule has 0 fully saturated rings. The first kappa shape index (κ1) is 12.5. The molecule has 0 heterocycles. The number of carbonyl (C=O) groups excluding carboxylic acids is 1. The Morgan fingerprint density at radius 1 is 1.38 bits per heavy atom. The van der Waals surface area contributed by atoms with E-state index in [9.17, 15) is 4.79 Å². The highest BCUT2D eigenvalue weighted by Crippen LogP contribution is 2.12. The Labute approximate surface area is 95.6 Å². The maximum atomic E-state index is 11.8. The fraction of sp³-hybridized carbons (Fsp3) is 0.364. The number of carbonyl (C=O) groups is 1. The molecule has 1 amide bonds. The topological polar surface area (TPSA) is 70.4 Å². The number of anilines is 1. The quantitative estimate of drug-likeness (QED) is 0.494. The summed E-state index contributed by atoms with van der Waals surface area (Å²) in [7, 11) is 3.92. The van der Waals surface area contributed by atoms with Crippen LogP contribution in [0.3, 0.4) is 0 Å². The molecule has 88 valence electrons. The third-order valence-electron chi connectivity index (χ3n) is 2.17. The van der Waals surface area contributed by atoms with Crippen LogP contribution in [0.1, 0.15) is 10.4 Å². The molecule has 0 saturated carbocycles. The molecule has 0 unspecified atom stereocenters. The van der Waals surface area contributed by atoms with Gasteiger partial charge in [0.15, 0.2) is 0 Å². The Balaban J connectivity index is 2.59. The number of nitrogens with one attached hydrogen (secondary N) is 2. The Hall–Kier alpha value is -1.59. The third kappa shape index (κ3) is 3.52. The van der Waals surface area contributed by atoms with Gasteiger partial charge in [0.2, 0.25) is 0 Å². The van der Waals surface area contributed by atoms with E-state index in [1.54, 1.807) is 12.1 Å². The number of rotatable bonds is 5. The molecule has 0 saturated heterocycles. The minimum Gasteiger partial charge on any atom is -0.351 e. The van der Waals surface area contributed by atoms with Gasteiger partial charge in [-0.1, -0.05) is 12.1 Å². The van der Waals surface area contributed by atoms with Crippen LogP contribution >= 0.6 is 0 Å². The van der Waals surface area contributed by atoms with Crippen molar-refractivity contribution < 1.29 is 4.79 Å². The first-order chi connectivity index (χ1) is 7.65. The summed E-state index contributed by atoms with van der Waals surface area (Å²) in [6.07, 6.45) is 0. The van der Waals surface area contributed by atoms with E-state index in [1.807, 2.05) is 31.1 Å². The van der Waals surface area contributed by atoms with Crippen molar-refractivity contribution in [2.24, 2.45) is 5.84 Å². The van der Waals surface area contributed by atoms with Crippen LogP contribution in [-0.2, 0) is 0 Å². The van der Waals surface area contributed by atoms with Gasteiger partial charge in [-0.15, -0.1) is 0 Å². The van der Waals surface area contributed by atoms with Crippen molar-refractivity contribution in [1.82, 2.24) is 10.2 Å². The van der Waals surface area contributed by atoms with Crippen molar-refractivity contribution in [3.05, 3.63) is 29.8 Å². The van der Waals surface area contributed by atoms with Crippen LogP contribution < -0.4 is 16.6 Å². The molecular formula is C11H18N4O. The van der Waals surface area contributed by atoms with Crippen LogP contribution in [0, 0.1) is 0 Å². The van der Waals surface area contributed by atoms with Gasteiger partial charge in [0, 0.05) is 13.1 Å². The molecular weight excluding hydrogens is 204 g/mol. The van der Waals surface area contributed by atoms with E-state index in [1.165, 1.54) is 0 Å². The molecule has 0 aliphatic heterocycles. The maximum absolute atomic E-state index is 11.8. The summed E-state index contributed by atoms with van der Waals surface area (Å²) < 4.78 is 0. The average Bonchev–Trinajstić information content (AvgIpc) is 2.28. The second-order valence-electron chi connectivity index (χ2n) is 3.75. The van der Waals surface area contributed by atoms with Gasteiger partial charge in [-0.05, 0) is 26.2 Å². The number of hydrogen-bond donors (Lipinski definition) is 3. The minimum absolute atomic E-state index is 0.115. The normalized spacial score (nSPS) is 10.2. The van der Waals surface area contributed by atoms with Gasteiger partial charge in [0.1, 0.15) is 0 Å². The fourth-order valence-corrected chi connectivity index (χ4v) is 1.30. The predicted molar refractivity (Wildman–Crippen MR) is 65.1 cm³/mol. The summed E-state index contributed by atoms with van der Waals surface area (Å²) >= 11 is 0. The number of benzene rings is 1. The number of likely N-dealkylation sites (N-methyl/N-ethyl adjacent to an activating group) is 1. The van der Waals surface area contributed by atoms with Gasteiger partial charge < -0.3 is 15.6 Å². The van der Waals surface area contributed by atoms with Crippen molar-refractivity contribution in [3.63, 3.8) is 0 Å². The Morgan fingerprint density at radius 2 is 2.06 bits per heavy atom. The standard InChI is InChI=1S/C11H18N4O/c1-15(2)8-7-13-11(16)9-5-3-4-6-10(9)14-12/h3-6,14H,7-8,12H2,1-2H3,(H,13,16). The Kier molecular flexibility index (Phi) is 4.75. The lowest BCUT2D eigenvalue weighted by atomic mass is 10.1. The average molecular weight is 222 g/mol. The number of amides is 1. The van der Waals surface area contributed by atoms with E-state index >= 15 is 0 Å². The molecule has 5 heteroatoms. The molecule has 5 nitrogen and oxygen atoms in total. The minimum atomic E-state index is -0.115. The largest absolute Gasteiger partial charge is 0.351 e. The van der Waals surface area contributed by atoms with Crippen LogP contribution in [0.15, 0.2) is 24.3 Å². The molecule has 0 spiro atoms. The van der Waals surface area contributed by atoms with Gasteiger partial charge >= 0.3 is 0 Å². The summed E-state index contributed by atoms with van der Waals surface area (Å²) in [5, 5.41) is 2.83. The molecule has 0 aliphatic rings. The van der Waals surface area contributed by atoms with E-state index in [0.29, 0.717) is 17.8 Å². The molecule has 0 atom stereocenters. The molecule has 0 bridgehead atoms. The summed E-state index contributed by atoms with van der Waals surface area (Å²) in [6.45, 7) is 1.43. The third-order valence-corrected chi connectivity index (χ3v) is 2.17. The van der Waals surface area contributed by atoms with E-state index < -0.39 is 0 Å². The van der Waals surface area contributed by atoms with Crippen molar-refractivity contribution in [1.29, 1.82) is 0 Å². The van der Waals surface area contributed by atoms with E-state index in [0.717, 1.165) is 6.54 Å². The molecule has 16 heavy (non-hydrogen) atoms. The highest BCUT2D eigenvalue weighted by Gasteiger charge is 2.08. The zero-order chi connectivity index (χ0) is 12.0. The van der Waals surface area contributed by atoms with E-state index in [2.05, 4.69) is 10.7 Å². The zero-order valence-corrected chi connectivity index (χ0v) is 9.66. The SMILES string of the molecule is CN(C)CCNC(=O)c1ccccc1NN. The van der Waals surface area contributed by atoms with Crippen LogP contribution in [0.4, 0.5) is 5.69 Å². The van der Waals surface area contributed by atoms with Crippen molar-refractivity contribution in [2.45, 2.75) is 0 Å². The molecule has 0 radical (unpaired) electrons. The van der Waals surface area contributed by atoms with Gasteiger partial charge in [-0.25, -0.2) is 0 Å². The number of hydrogen-bond acceptors (Lipinski definition) is 4. The van der Waals surface area contributed by atoms with Gasteiger partial charge in [-0.2, -0.15) is 0 Å². The fourth-order valence-electron chi connectivity index (χ4n) is 1.30. The first-order valence-corrected chi connectivity index (χ1v) is 5.13. The van der Waals surface area contributed by atoms with Crippen molar-refractivity contribution >= 4 is 11.6 Å². The van der Waals surface area contributed by atoms with E-state index in [-0.39, 0.29) is 5.91 Å². The van der Waals surface area contributed by atoms with Crippen LogP contribution in [0.25, 0.3) is 0 Å². The van der Waals surface area contributed by atoms with Crippen LogP contribution in [0.5, 0.6) is 0 Å².